The largest absolute Gasteiger partial charge is 0.480 e. The average molecular weight is 1040 g/mol. The molecule has 5 atom stereocenters. The minimum absolute atomic E-state index is 0.0166. The molecule has 2 heterocycles. The van der Waals surface area contributed by atoms with Crippen LogP contribution in [0.25, 0.3) is 5.69 Å². The molecule has 1 unspecified atom stereocenters. The van der Waals surface area contributed by atoms with Gasteiger partial charge in [-0.3, -0.25) is 38.5 Å². The molecule has 0 saturated carbocycles. The maximum absolute atomic E-state index is 15.1. The molecule has 1 saturated heterocycles. The summed E-state index contributed by atoms with van der Waals surface area (Å²) >= 11 is 0. The maximum Gasteiger partial charge on any atom is 0.326 e. The van der Waals surface area contributed by atoms with Crippen LogP contribution in [-0.4, -0.2) is 128 Å². The second-order valence-electron chi connectivity index (χ2n) is 21.1. The molecule has 0 bridgehead atoms. The fourth-order valence-corrected chi connectivity index (χ4v) is 8.82. The van der Waals surface area contributed by atoms with Crippen LogP contribution in [0.4, 0.5) is 8.78 Å². The Morgan fingerprint density at radius 1 is 0.878 bits per heavy atom. The number of carboxylic acid groups (broad SMARTS) is 1. The van der Waals surface area contributed by atoms with Crippen molar-refractivity contribution in [1.29, 1.82) is 0 Å². The number of carboxylic acids is 1. The predicted molar refractivity (Wildman–Crippen MR) is 271 cm³/mol. The van der Waals surface area contributed by atoms with Crippen LogP contribution in [0.1, 0.15) is 136 Å². The van der Waals surface area contributed by atoms with Crippen LogP contribution in [0.2, 0.25) is 0 Å². The number of aliphatic carboxylic acids is 1. The third-order valence-electron chi connectivity index (χ3n) is 12.9. The Morgan fingerprint density at radius 2 is 1.57 bits per heavy atom. The molecule has 19 nitrogen and oxygen atoms in total. The zero-order valence-corrected chi connectivity index (χ0v) is 43.8. The highest BCUT2D eigenvalue weighted by atomic mass is 19.1. The van der Waals surface area contributed by atoms with Gasteiger partial charge in [-0.15, -0.1) is 0 Å². The van der Waals surface area contributed by atoms with Crippen molar-refractivity contribution in [2.45, 2.75) is 150 Å². The highest BCUT2D eigenvalue weighted by Crippen LogP contribution is 2.40. The van der Waals surface area contributed by atoms with Crippen LogP contribution in [0.5, 0.6) is 0 Å². The van der Waals surface area contributed by atoms with E-state index in [9.17, 15) is 53.0 Å². The van der Waals surface area contributed by atoms with E-state index in [2.05, 4.69) is 21.3 Å². The molecule has 21 heteroatoms. The Hall–Kier alpha value is -6.61. The van der Waals surface area contributed by atoms with Gasteiger partial charge in [-0.1, -0.05) is 85.2 Å². The van der Waals surface area contributed by atoms with Crippen molar-refractivity contribution in [3.05, 3.63) is 83.2 Å². The summed E-state index contributed by atoms with van der Waals surface area (Å²) in [4.78, 5) is 105. The van der Waals surface area contributed by atoms with Crippen LogP contribution in [0, 0.1) is 28.4 Å². The van der Waals surface area contributed by atoms with E-state index in [0.29, 0.717) is 43.4 Å². The molecule has 2 aromatic carbocycles. The minimum Gasteiger partial charge on any atom is -0.480 e. The molecular weight excluding hydrogens is 961 g/mol. The van der Waals surface area contributed by atoms with Crippen molar-refractivity contribution in [1.82, 2.24) is 40.8 Å². The number of nitrogens with one attached hydrogen (secondary N) is 4. The van der Waals surface area contributed by atoms with Crippen LogP contribution in [0.3, 0.4) is 0 Å². The van der Waals surface area contributed by atoms with Crippen molar-refractivity contribution in [3.8, 4) is 5.69 Å². The molecule has 3 aromatic rings. The zero-order chi connectivity index (χ0) is 55.1. The summed E-state index contributed by atoms with van der Waals surface area (Å²) < 4.78 is 30.7. The lowest BCUT2D eigenvalue weighted by Gasteiger charge is -2.40. The lowest BCUT2D eigenvalue weighted by Crippen LogP contribution is -2.56. The van der Waals surface area contributed by atoms with Gasteiger partial charge in [-0.05, 0) is 74.5 Å². The first-order valence-electron chi connectivity index (χ1n) is 25.2. The number of aliphatic hydroxyl groups excluding tert-OH is 1. The Morgan fingerprint density at radius 3 is 2.18 bits per heavy atom. The quantitative estimate of drug-likeness (QED) is 0.0398. The van der Waals surface area contributed by atoms with E-state index in [-0.39, 0.29) is 81.1 Å². The Balaban J connectivity index is 1.27. The molecule has 0 radical (unpaired) electrons. The minimum atomic E-state index is -1.33. The number of aliphatic hydroxyl groups is 1. The van der Waals surface area contributed by atoms with Crippen molar-refractivity contribution in [2.24, 2.45) is 22.5 Å². The summed E-state index contributed by atoms with van der Waals surface area (Å²) in [5, 5.41) is 35.2. The number of rotatable bonds is 28. The topological polar surface area (TPSA) is 275 Å². The fourth-order valence-electron chi connectivity index (χ4n) is 8.82. The van der Waals surface area contributed by atoms with Crippen molar-refractivity contribution >= 4 is 47.3 Å². The number of hydrogen-bond acceptors (Lipinski definition) is 11. The number of amides is 7. The van der Waals surface area contributed by atoms with E-state index in [4.69, 9.17) is 10.8 Å². The number of nitrogens with zero attached hydrogens (tertiary/aromatic N) is 4. The van der Waals surface area contributed by atoms with Gasteiger partial charge in [0.05, 0.1) is 23.2 Å². The maximum atomic E-state index is 15.1. The lowest BCUT2D eigenvalue weighted by atomic mass is 9.81. The number of imide groups is 1. The molecule has 1 aliphatic rings. The molecule has 1 aliphatic heterocycles. The van der Waals surface area contributed by atoms with Gasteiger partial charge in [0, 0.05) is 56.7 Å². The molecule has 1 fully saturated rings. The molecule has 4 rings (SSSR count). The molecular formula is C53H75F2N9O10. The number of carbonyl (C=O) groups excluding carboxylic acids is 7. The number of aromatic nitrogens is 2. The first kappa shape index (κ1) is 59.9. The van der Waals surface area contributed by atoms with Gasteiger partial charge >= 0.3 is 5.97 Å². The second kappa shape index (κ2) is 27.1. The number of halogens is 2. The number of carbonyl (C=O) groups is 8. The zero-order valence-electron chi connectivity index (χ0n) is 43.8. The SMILES string of the molecule is CC(C)C(NC(=O)CCCCCN1C(=O)CC(C)(C)C1=O)C(=O)N[C@@H](C)C(=O)N[C@@H](CCCCNC(=O)[C@@H](N)CCN(C(=O)CO)[C@@H](c1nn(-c2cc(F)ccc2F)cc1Cc1ccccc1)C(C)(C)C)C(=O)O. The highest BCUT2D eigenvalue weighted by Gasteiger charge is 2.44. The normalized spacial score (nSPS) is 15.5. The molecule has 0 spiro atoms. The Labute approximate surface area is 431 Å². The standard InChI is InChI=1S/C53H75F2N9O10/c1-32(2)44(60-41(66)20-13-10-16-25-63-42(67)29-53(7,8)51(63)74)49(71)58-33(3)47(69)59-39(50(72)73)19-14-15-24-57-48(70)38(56)23-26-62(43(68)31-65)46(52(4,5)6)45-35(27-34-17-11-9-12-18-34)30-64(61-45)40-28-36(54)21-22-37(40)55/h9,11-12,17-18,21-22,28,30,32-33,38-39,44,46,65H,10,13-16,19-20,23-27,29,31,56H2,1-8H3,(H,57,70)(H,58,71)(H,59,69)(H,60,66)(H,72,73)/t33-,38-,39-,44?,46-/m0/s1. The van der Waals surface area contributed by atoms with E-state index < -0.39 is 88.9 Å². The summed E-state index contributed by atoms with van der Waals surface area (Å²) in [6, 6.07) is 6.94. The molecule has 74 heavy (non-hydrogen) atoms. The summed E-state index contributed by atoms with van der Waals surface area (Å²) in [6.07, 6.45) is 4.23. The van der Waals surface area contributed by atoms with E-state index in [1.165, 1.54) is 21.4 Å². The number of likely N-dealkylation sites (tertiary alicyclic amines) is 1. The average Bonchev–Trinajstić information content (AvgIpc) is 3.82. The number of nitrogens with two attached hydrogens (primary N) is 1. The lowest BCUT2D eigenvalue weighted by molar-refractivity contribution is -0.142. The molecule has 8 N–H and O–H groups in total. The monoisotopic (exact) mass is 1040 g/mol. The Bertz CT molecular complexity index is 2460. The predicted octanol–water partition coefficient (Wildman–Crippen LogP) is 4.21. The molecule has 0 aliphatic carbocycles. The van der Waals surface area contributed by atoms with E-state index in [0.717, 1.165) is 23.8 Å². The molecule has 1 aromatic heterocycles. The van der Waals surface area contributed by atoms with Crippen LogP contribution >= 0.6 is 0 Å². The van der Waals surface area contributed by atoms with Crippen molar-refractivity contribution in [2.75, 3.05) is 26.2 Å². The fraction of sp³-hybridized carbons (Fsp3) is 0.566. The smallest absolute Gasteiger partial charge is 0.326 e. The number of hydrogen-bond donors (Lipinski definition) is 7. The van der Waals surface area contributed by atoms with E-state index in [1.807, 2.05) is 51.1 Å². The van der Waals surface area contributed by atoms with Crippen LogP contribution in [0.15, 0.2) is 54.7 Å². The highest BCUT2D eigenvalue weighted by molar-refractivity contribution is 6.05. The van der Waals surface area contributed by atoms with Gasteiger partial charge in [-0.25, -0.2) is 18.3 Å². The van der Waals surface area contributed by atoms with Gasteiger partial charge < -0.3 is 42.1 Å². The van der Waals surface area contributed by atoms with Gasteiger partial charge in [0.2, 0.25) is 41.4 Å². The van der Waals surface area contributed by atoms with Gasteiger partial charge in [0.1, 0.15) is 42.1 Å². The first-order valence-corrected chi connectivity index (χ1v) is 25.2. The van der Waals surface area contributed by atoms with Gasteiger partial charge in [0.15, 0.2) is 0 Å². The summed E-state index contributed by atoms with van der Waals surface area (Å²) in [5.41, 5.74) is 6.60. The van der Waals surface area contributed by atoms with Gasteiger partial charge in [-0.2, -0.15) is 5.10 Å². The summed E-state index contributed by atoms with van der Waals surface area (Å²) in [5.74, 6) is -6.49. The number of unbranched alkanes of at least 4 members (excludes halogenated alkanes) is 3. The third-order valence-corrected chi connectivity index (χ3v) is 12.9. The van der Waals surface area contributed by atoms with Crippen molar-refractivity contribution < 1.29 is 57.4 Å². The first-order chi connectivity index (χ1) is 34.7. The third kappa shape index (κ3) is 17.0. The van der Waals surface area contributed by atoms with Crippen LogP contribution in [-0.2, 0) is 44.8 Å². The van der Waals surface area contributed by atoms with Crippen LogP contribution < -0.4 is 27.0 Å². The number of benzene rings is 2. The van der Waals surface area contributed by atoms with Crippen molar-refractivity contribution in [3.63, 3.8) is 0 Å². The molecule has 406 valence electrons. The second-order valence-corrected chi connectivity index (χ2v) is 21.1. The molecule has 7 amide bonds. The summed E-state index contributed by atoms with van der Waals surface area (Å²) in [6.45, 7) is 13.3. The summed E-state index contributed by atoms with van der Waals surface area (Å²) in [7, 11) is 0. The van der Waals surface area contributed by atoms with Gasteiger partial charge in [0.25, 0.3) is 0 Å². The van der Waals surface area contributed by atoms with E-state index >= 15 is 4.39 Å². The Kier molecular flexibility index (Phi) is 21.9. The van der Waals surface area contributed by atoms with E-state index in [1.54, 1.807) is 33.9 Å².